The van der Waals surface area contributed by atoms with E-state index in [1.807, 2.05) is 31.2 Å². The highest BCUT2D eigenvalue weighted by Gasteiger charge is 2.08. The van der Waals surface area contributed by atoms with Gasteiger partial charge < -0.3 is 9.64 Å². The minimum atomic E-state index is 0.115. The molecule has 0 atom stereocenters. The zero-order valence-electron chi connectivity index (χ0n) is 11.0. The monoisotopic (exact) mass is 269 g/mol. The zero-order chi connectivity index (χ0) is 13.4. The van der Waals surface area contributed by atoms with E-state index >= 15 is 0 Å². The van der Waals surface area contributed by atoms with Gasteiger partial charge in [0.05, 0.1) is 6.54 Å². The number of benzene rings is 1. The lowest BCUT2D eigenvalue weighted by atomic mass is 10.2. The second-order valence-corrected chi connectivity index (χ2v) is 4.60. The van der Waals surface area contributed by atoms with Gasteiger partial charge in [-0.1, -0.05) is 18.2 Å². The smallest absolute Gasteiger partial charge is 0.222 e. The van der Waals surface area contributed by atoms with Crippen LogP contribution in [0, 0.1) is 6.92 Å². The van der Waals surface area contributed by atoms with Gasteiger partial charge in [-0.3, -0.25) is 4.79 Å². The molecule has 0 aromatic heterocycles. The maximum Gasteiger partial charge on any atom is 0.222 e. The number of para-hydroxylation sites is 1. The maximum atomic E-state index is 11.6. The number of ether oxygens (including phenoxy) is 1. The van der Waals surface area contributed by atoms with Gasteiger partial charge in [0, 0.05) is 19.3 Å². The van der Waals surface area contributed by atoms with E-state index in [0.717, 1.165) is 17.7 Å². The summed E-state index contributed by atoms with van der Waals surface area (Å²) in [5, 5.41) is 0. The average molecular weight is 270 g/mol. The number of likely N-dealkylation sites (N-methyl/N-ethyl adjacent to an activating group) is 1. The van der Waals surface area contributed by atoms with E-state index in [1.54, 1.807) is 11.9 Å². The van der Waals surface area contributed by atoms with Gasteiger partial charge in [0.15, 0.2) is 0 Å². The van der Waals surface area contributed by atoms with Crippen molar-refractivity contribution in [1.82, 2.24) is 4.90 Å². The number of carbonyl (C=O) groups is 1. The largest absolute Gasteiger partial charge is 0.491 e. The topological polar surface area (TPSA) is 29.5 Å². The van der Waals surface area contributed by atoms with Gasteiger partial charge in [-0.05, 0) is 25.0 Å². The molecule has 0 saturated carbocycles. The highest BCUT2D eigenvalue weighted by atomic mass is 35.5. The summed E-state index contributed by atoms with van der Waals surface area (Å²) in [5.74, 6) is 1.52. The molecule has 0 bridgehead atoms. The van der Waals surface area contributed by atoms with Gasteiger partial charge in [-0.2, -0.15) is 0 Å². The van der Waals surface area contributed by atoms with E-state index in [1.165, 1.54) is 0 Å². The van der Waals surface area contributed by atoms with Gasteiger partial charge in [-0.25, -0.2) is 0 Å². The molecule has 100 valence electrons. The molecular formula is C14H20ClNO2. The maximum absolute atomic E-state index is 11.6. The molecule has 0 fully saturated rings. The molecular weight excluding hydrogens is 250 g/mol. The Hall–Kier alpha value is -1.22. The third-order valence-corrected chi connectivity index (χ3v) is 3.00. The van der Waals surface area contributed by atoms with E-state index in [2.05, 4.69) is 0 Å². The van der Waals surface area contributed by atoms with Crippen LogP contribution in [0.5, 0.6) is 5.75 Å². The molecule has 3 nitrogen and oxygen atoms in total. The van der Waals surface area contributed by atoms with Crippen molar-refractivity contribution in [2.24, 2.45) is 0 Å². The summed E-state index contributed by atoms with van der Waals surface area (Å²) in [5.41, 5.74) is 1.11. The Morgan fingerprint density at radius 2 is 2.11 bits per heavy atom. The van der Waals surface area contributed by atoms with Crippen LogP contribution in [0.25, 0.3) is 0 Å². The Bertz CT molecular complexity index is 382. The third kappa shape index (κ3) is 4.96. The molecule has 1 rings (SSSR count). The lowest BCUT2D eigenvalue weighted by molar-refractivity contribution is -0.130. The molecule has 18 heavy (non-hydrogen) atoms. The summed E-state index contributed by atoms with van der Waals surface area (Å²) in [7, 11) is 1.79. The molecule has 1 amide bonds. The molecule has 1 aromatic rings. The lowest BCUT2D eigenvalue weighted by Gasteiger charge is -2.17. The van der Waals surface area contributed by atoms with Crippen LogP contribution >= 0.6 is 11.6 Å². The van der Waals surface area contributed by atoms with Gasteiger partial charge >= 0.3 is 0 Å². The van der Waals surface area contributed by atoms with Crippen molar-refractivity contribution in [3.05, 3.63) is 29.8 Å². The minimum absolute atomic E-state index is 0.115. The van der Waals surface area contributed by atoms with Crippen LogP contribution in [0.4, 0.5) is 0 Å². The quantitative estimate of drug-likeness (QED) is 0.713. The molecule has 0 N–H and O–H groups in total. The van der Waals surface area contributed by atoms with Crippen LogP contribution < -0.4 is 4.74 Å². The molecule has 0 heterocycles. The number of alkyl halides is 1. The molecule has 0 unspecified atom stereocenters. The first-order valence-electron chi connectivity index (χ1n) is 6.13. The van der Waals surface area contributed by atoms with E-state index in [-0.39, 0.29) is 5.91 Å². The first-order valence-corrected chi connectivity index (χ1v) is 6.67. The normalized spacial score (nSPS) is 10.2. The summed E-state index contributed by atoms with van der Waals surface area (Å²) in [4.78, 5) is 13.3. The number of amides is 1. The highest BCUT2D eigenvalue weighted by molar-refractivity contribution is 6.17. The zero-order valence-corrected chi connectivity index (χ0v) is 11.7. The first kappa shape index (κ1) is 14.8. The summed E-state index contributed by atoms with van der Waals surface area (Å²) in [6.45, 7) is 3.11. The lowest BCUT2D eigenvalue weighted by Crippen LogP contribution is -2.30. The van der Waals surface area contributed by atoms with Crippen molar-refractivity contribution in [2.75, 3.05) is 26.1 Å². The van der Waals surface area contributed by atoms with Gasteiger partial charge in [0.1, 0.15) is 12.4 Å². The minimum Gasteiger partial charge on any atom is -0.491 e. The summed E-state index contributed by atoms with van der Waals surface area (Å²) < 4.78 is 5.64. The molecule has 4 heteroatoms. The van der Waals surface area contributed by atoms with Crippen molar-refractivity contribution in [2.45, 2.75) is 19.8 Å². The molecule has 0 spiro atoms. The Labute approximate surface area is 114 Å². The number of carbonyl (C=O) groups excluding carboxylic acids is 1. The highest BCUT2D eigenvalue weighted by Crippen LogP contribution is 2.15. The second kappa shape index (κ2) is 7.98. The Morgan fingerprint density at radius 1 is 1.39 bits per heavy atom. The molecule has 0 aliphatic heterocycles. The summed E-state index contributed by atoms with van der Waals surface area (Å²) in [6.07, 6.45) is 1.23. The van der Waals surface area contributed by atoms with Crippen LogP contribution in [0.15, 0.2) is 24.3 Å². The van der Waals surface area contributed by atoms with Crippen molar-refractivity contribution < 1.29 is 9.53 Å². The van der Waals surface area contributed by atoms with Crippen molar-refractivity contribution in [3.8, 4) is 5.75 Å². The number of halogens is 1. The van der Waals surface area contributed by atoms with Crippen LogP contribution in [-0.4, -0.2) is 36.9 Å². The van der Waals surface area contributed by atoms with Crippen LogP contribution in [0.1, 0.15) is 18.4 Å². The fraction of sp³-hybridized carbons (Fsp3) is 0.500. The van der Waals surface area contributed by atoms with Crippen LogP contribution in [0.2, 0.25) is 0 Å². The van der Waals surface area contributed by atoms with E-state index in [9.17, 15) is 4.79 Å². The number of nitrogens with zero attached hydrogens (tertiary/aromatic N) is 1. The summed E-state index contributed by atoms with van der Waals surface area (Å²) >= 11 is 5.56. The van der Waals surface area contributed by atoms with E-state index in [0.29, 0.717) is 25.5 Å². The number of hydrogen-bond donors (Lipinski definition) is 0. The summed E-state index contributed by atoms with van der Waals surface area (Å²) in [6, 6.07) is 7.86. The third-order valence-electron chi connectivity index (χ3n) is 2.73. The average Bonchev–Trinajstić information content (AvgIpc) is 2.38. The molecule has 0 saturated heterocycles. The van der Waals surface area contributed by atoms with E-state index in [4.69, 9.17) is 16.3 Å². The van der Waals surface area contributed by atoms with E-state index < -0.39 is 0 Å². The molecule has 1 aromatic carbocycles. The molecule has 0 aliphatic carbocycles. The Kier molecular flexibility index (Phi) is 6.58. The fourth-order valence-corrected chi connectivity index (χ4v) is 1.68. The van der Waals surface area contributed by atoms with Gasteiger partial charge in [0.25, 0.3) is 0 Å². The SMILES string of the molecule is Cc1ccccc1OCCN(C)C(=O)CCCCl. The standard InChI is InChI=1S/C14H20ClNO2/c1-12-6-3-4-7-13(12)18-11-10-16(2)14(17)8-5-9-15/h3-4,6-7H,5,8-11H2,1-2H3. The van der Waals surface area contributed by atoms with Crippen molar-refractivity contribution in [1.29, 1.82) is 0 Å². The van der Waals surface area contributed by atoms with Crippen molar-refractivity contribution in [3.63, 3.8) is 0 Å². The Balaban J connectivity index is 2.29. The van der Waals surface area contributed by atoms with Crippen LogP contribution in [0.3, 0.4) is 0 Å². The predicted molar refractivity (Wildman–Crippen MR) is 74.3 cm³/mol. The van der Waals surface area contributed by atoms with Gasteiger partial charge in [0.2, 0.25) is 5.91 Å². The van der Waals surface area contributed by atoms with Crippen LogP contribution in [-0.2, 0) is 4.79 Å². The first-order chi connectivity index (χ1) is 8.65. The predicted octanol–water partition coefficient (Wildman–Crippen LogP) is 2.85. The van der Waals surface area contributed by atoms with Gasteiger partial charge in [-0.15, -0.1) is 11.6 Å². The molecule has 0 aliphatic rings. The fourth-order valence-electron chi connectivity index (χ4n) is 1.54. The number of aryl methyl sites for hydroxylation is 1. The number of rotatable bonds is 7. The second-order valence-electron chi connectivity index (χ2n) is 4.22. The number of hydrogen-bond acceptors (Lipinski definition) is 2. The molecule has 0 radical (unpaired) electrons. The Morgan fingerprint density at radius 3 is 2.78 bits per heavy atom. The van der Waals surface area contributed by atoms with Crippen molar-refractivity contribution >= 4 is 17.5 Å².